The second-order valence-electron chi connectivity index (χ2n) is 4.40. The van der Waals surface area contributed by atoms with Crippen LogP contribution in [-0.2, 0) is 11.2 Å². The monoisotopic (exact) mass is 276 g/mol. The number of hydrogen-bond donors (Lipinski definition) is 1. The summed E-state index contributed by atoms with van der Waals surface area (Å²) in [5.41, 5.74) is 6.79. The summed E-state index contributed by atoms with van der Waals surface area (Å²) in [4.78, 5) is 13.4. The Bertz CT molecular complexity index is 644. The molecule has 0 unspecified atom stereocenters. The first-order chi connectivity index (χ1) is 9.50. The van der Waals surface area contributed by atoms with E-state index in [1.165, 1.54) is 17.0 Å². The lowest BCUT2D eigenvalue weighted by Crippen LogP contribution is -2.28. The molecule has 0 aliphatic heterocycles. The van der Waals surface area contributed by atoms with Crippen molar-refractivity contribution in [2.75, 3.05) is 17.7 Å². The van der Waals surface area contributed by atoms with Crippen molar-refractivity contribution in [1.82, 2.24) is 0 Å². The molecule has 0 bridgehead atoms. The average Bonchev–Trinajstić information content (AvgIpc) is 2.43. The Hall–Kier alpha value is -2.43. The number of nitrogens with two attached hydrogens (primary N) is 1. The SMILES string of the molecule is CN(C(=O)Cc1cccc(F)c1F)c1ccccc1N. The van der Waals surface area contributed by atoms with E-state index in [9.17, 15) is 13.6 Å². The molecule has 0 aromatic heterocycles. The van der Waals surface area contributed by atoms with Crippen LogP contribution in [0.5, 0.6) is 0 Å². The van der Waals surface area contributed by atoms with Gasteiger partial charge in [-0.15, -0.1) is 0 Å². The average molecular weight is 276 g/mol. The first-order valence-electron chi connectivity index (χ1n) is 6.04. The standard InChI is InChI=1S/C15H14F2N2O/c1-19(13-8-3-2-7-12(13)18)14(20)9-10-5-4-6-11(16)15(10)17/h2-8H,9,18H2,1H3. The Morgan fingerprint density at radius 2 is 1.85 bits per heavy atom. The summed E-state index contributed by atoms with van der Waals surface area (Å²) in [7, 11) is 1.55. The lowest BCUT2D eigenvalue weighted by atomic mass is 10.1. The van der Waals surface area contributed by atoms with E-state index < -0.39 is 11.6 Å². The van der Waals surface area contributed by atoms with Gasteiger partial charge in [0.05, 0.1) is 17.8 Å². The molecule has 0 saturated heterocycles. The normalized spacial score (nSPS) is 10.3. The van der Waals surface area contributed by atoms with Crippen molar-refractivity contribution in [2.45, 2.75) is 6.42 Å². The van der Waals surface area contributed by atoms with Crippen LogP contribution < -0.4 is 10.6 Å². The number of para-hydroxylation sites is 2. The number of carbonyl (C=O) groups is 1. The van der Waals surface area contributed by atoms with Crippen molar-refractivity contribution < 1.29 is 13.6 Å². The van der Waals surface area contributed by atoms with Gasteiger partial charge in [0.15, 0.2) is 11.6 Å². The number of benzene rings is 2. The molecule has 2 rings (SSSR count). The van der Waals surface area contributed by atoms with Gasteiger partial charge in [-0.3, -0.25) is 4.79 Å². The first kappa shape index (κ1) is 14.0. The van der Waals surface area contributed by atoms with E-state index in [2.05, 4.69) is 0 Å². The predicted octanol–water partition coefficient (Wildman–Crippen LogP) is 2.75. The highest BCUT2D eigenvalue weighted by molar-refractivity contribution is 5.96. The number of halogens is 2. The number of carbonyl (C=O) groups excluding carboxylic acids is 1. The third-order valence-electron chi connectivity index (χ3n) is 3.05. The van der Waals surface area contributed by atoms with Crippen LogP contribution in [0.4, 0.5) is 20.2 Å². The topological polar surface area (TPSA) is 46.3 Å². The minimum Gasteiger partial charge on any atom is -0.397 e. The van der Waals surface area contributed by atoms with Crippen molar-refractivity contribution >= 4 is 17.3 Å². The smallest absolute Gasteiger partial charge is 0.231 e. The second-order valence-corrected chi connectivity index (χ2v) is 4.40. The van der Waals surface area contributed by atoms with Crippen molar-refractivity contribution in [3.05, 3.63) is 59.7 Å². The van der Waals surface area contributed by atoms with Gasteiger partial charge in [0.1, 0.15) is 0 Å². The highest BCUT2D eigenvalue weighted by Gasteiger charge is 2.17. The van der Waals surface area contributed by atoms with Gasteiger partial charge < -0.3 is 10.6 Å². The van der Waals surface area contributed by atoms with E-state index in [1.807, 2.05) is 0 Å². The first-order valence-corrected chi connectivity index (χ1v) is 6.04. The molecule has 104 valence electrons. The fraction of sp³-hybridized carbons (Fsp3) is 0.133. The van der Waals surface area contributed by atoms with E-state index in [1.54, 1.807) is 31.3 Å². The van der Waals surface area contributed by atoms with Gasteiger partial charge >= 0.3 is 0 Å². The molecule has 0 heterocycles. The molecule has 20 heavy (non-hydrogen) atoms. The fourth-order valence-electron chi connectivity index (χ4n) is 1.89. The molecule has 3 nitrogen and oxygen atoms in total. The third-order valence-corrected chi connectivity index (χ3v) is 3.05. The predicted molar refractivity (Wildman–Crippen MR) is 74.3 cm³/mol. The van der Waals surface area contributed by atoms with E-state index >= 15 is 0 Å². The number of anilines is 2. The van der Waals surface area contributed by atoms with E-state index in [4.69, 9.17) is 5.73 Å². The van der Waals surface area contributed by atoms with E-state index in [0.29, 0.717) is 11.4 Å². The van der Waals surface area contributed by atoms with Crippen LogP contribution >= 0.6 is 0 Å². The zero-order valence-corrected chi connectivity index (χ0v) is 10.9. The number of hydrogen-bond acceptors (Lipinski definition) is 2. The fourth-order valence-corrected chi connectivity index (χ4v) is 1.89. The largest absolute Gasteiger partial charge is 0.397 e. The second kappa shape index (κ2) is 5.69. The van der Waals surface area contributed by atoms with Crippen LogP contribution in [0.3, 0.4) is 0 Å². The minimum atomic E-state index is -0.990. The summed E-state index contributed by atoms with van der Waals surface area (Å²) in [5.74, 6) is -2.32. The maximum absolute atomic E-state index is 13.5. The highest BCUT2D eigenvalue weighted by atomic mass is 19.2. The molecule has 0 spiro atoms. The summed E-state index contributed by atoms with van der Waals surface area (Å²) >= 11 is 0. The highest BCUT2D eigenvalue weighted by Crippen LogP contribution is 2.22. The van der Waals surface area contributed by atoms with Crippen molar-refractivity contribution in [3.63, 3.8) is 0 Å². The maximum atomic E-state index is 13.5. The molecule has 2 aromatic carbocycles. The molecule has 2 aromatic rings. The molecule has 0 radical (unpaired) electrons. The van der Waals surface area contributed by atoms with Crippen LogP contribution in [0.25, 0.3) is 0 Å². The van der Waals surface area contributed by atoms with Crippen LogP contribution in [0, 0.1) is 11.6 Å². The van der Waals surface area contributed by atoms with Gasteiger partial charge in [0.2, 0.25) is 5.91 Å². The summed E-state index contributed by atoms with van der Waals surface area (Å²) in [6, 6.07) is 10.6. The van der Waals surface area contributed by atoms with Gasteiger partial charge in [-0.25, -0.2) is 8.78 Å². The third kappa shape index (κ3) is 2.77. The quantitative estimate of drug-likeness (QED) is 0.876. The van der Waals surface area contributed by atoms with Gasteiger partial charge in [-0.2, -0.15) is 0 Å². The Morgan fingerprint density at radius 1 is 1.15 bits per heavy atom. The lowest BCUT2D eigenvalue weighted by Gasteiger charge is -2.19. The Morgan fingerprint density at radius 3 is 2.55 bits per heavy atom. The Kier molecular flexibility index (Phi) is 3.98. The Labute approximate surface area is 115 Å². The van der Waals surface area contributed by atoms with Gasteiger partial charge in [0.25, 0.3) is 0 Å². The minimum absolute atomic E-state index is 0.0244. The lowest BCUT2D eigenvalue weighted by molar-refractivity contribution is -0.117. The molecule has 5 heteroatoms. The van der Waals surface area contributed by atoms with Gasteiger partial charge in [0, 0.05) is 12.6 Å². The molecule has 0 aliphatic rings. The molecule has 0 aliphatic carbocycles. The van der Waals surface area contributed by atoms with E-state index in [0.717, 1.165) is 6.07 Å². The summed E-state index contributed by atoms with van der Waals surface area (Å²) in [5, 5.41) is 0. The van der Waals surface area contributed by atoms with Crippen LogP contribution in [-0.4, -0.2) is 13.0 Å². The number of nitrogen functional groups attached to an aromatic ring is 1. The zero-order chi connectivity index (χ0) is 14.7. The number of likely N-dealkylation sites (N-methyl/N-ethyl adjacent to an activating group) is 1. The van der Waals surface area contributed by atoms with Crippen molar-refractivity contribution in [2.24, 2.45) is 0 Å². The van der Waals surface area contributed by atoms with E-state index in [-0.39, 0.29) is 17.9 Å². The molecular formula is C15H14F2N2O. The number of nitrogens with zero attached hydrogens (tertiary/aromatic N) is 1. The number of rotatable bonds is 3. The van der Waals surface area contributed by atoms with Crippen LogP contribution in [0.2, 0.25) is 0 Å². The molecule has 2 N–H and O–H groups in total. The molecule has 0 atom stereocenters. The molecule has 1 amide bonds. The Balaban J connectivity index is 2.20. The molecule has 0 fully saturated rings. The summed E-state index contributed by atoms with van der Waals surface area (Å²) in [6.07, 6.45) is -0.228. The summed E-state index contributed by atoms with van der Waals surface area (Å²) < 4.78 is 26.6. The van der Waals surface area contributed by atoms with Crippen LogP contribution in [0.15, 0.2) is 42.5 Å². The number of amides is 1. The summed E-state index contributed by atoms with van der Waals surface area (Å²) in [6.45, 7) is 0. The molecular weight excluding hydrogens is 262 g/mol. The van der Waals surface area contributed by atoms with Crippen molar-refractivity contribution in [3.8, 4) is 0 Å². The van der Waals surface area contributed by atoms with Crippen LogP contribution in [0.1, 0.15) is 5.56 Å². The zero-order valence-electron chi connectivity index (χ0n) is 10.9. The van der Waals surface area contributed by atoms with Gasteiger partial charge in [-0.1, -0.05) is 24.3 Å². The van der Waals surface area contributed by atoms with Gasteiger partial charge in [-0.05, 0) is 18.2 Å². The van der Waals surface area contributed by atoms with Crippen molar-refractivity contribution in [1.29, 1.82) is 0 Å². The molecule has 0 saturated carbocycles. The maximum Gasteiger partial charge on any atom is 0.231 e.